The molecule has 2 aromatic heterocycles. The molecule has 0 radical (unpaired) electrons. The number of benzene rings is 3. The number of halogens is 6. The Kier molecular flexibility index (Phi) is 6.30. The lowest BCUT2D eigenvalue weighted by atomic mass is 9.97. The summed E-state index contributed by atoms with van der Waals surface area (Å²) in [6, 6.07) is 10.1. The molecule has 2 heterocycles. The van der Waals surface area contributed by atoms with E-state index in [2.05, 4.69) is 5.32 Å². The fraction of sp³-hybridized carbons (Fsp3) is 0.0800. The zero-order valence-electron chi connectivity index (χ0n) is 18.7. The summed E-state index contributed by atoms with van der Waals surface area (Å²) < 4.78 is 0. The van der Waals surface area contributed by atoms with E-state index in [1.54, 1.807) is 43.4 Å². The lowest BCUT2D eigenvalue weighted by Gasteiger charge is -2.20. The van der Waals surface area contributed by atoms with E-state index >= 15 is 0 Å². The van der Waals surface area contributed by atoms with Crippen LogP contribution in [0, 0.1) is 0 Å². The Morgan fingerprint density at radius 3 is 1.62 bits per heavy atom. The first-order chi connectivity index (χ1) is 17.7. The van der Waals surface area contributed by atoms with Crippen molar-refractivity contribution in [1.29, 1.82) is 0 Å². The summed E-state index contributed by atoms with van der Waals surface area (Å²) in [5.41, 5.74) is 6.49. The third-order valence-corrected chi connectivity index (χ3v) is 8.05. The molecule has 0 atom stereocenters. The van der Waals surface area contributed by atoms with E-state index in [9.17, 15) is 0 Å². The van der Waals surface area contributed by atoms with Gasteiger partial charge < -0.3 is 5.32 Å². The van der Waals surface area contributed by atoms with E-state index in [1.807, 2.05) is 0 Å². The summed E-state index contributed by atoms with van der Waals surface area (Å²) in [4.78, 5) is 24.3. The molecular weight excluding hydrogens is 597 g/mol. The second-order valence-electron chi connectivity index (χ2n) is 8.22. The molecule has 0 saturated heterocycles. The van der Waals surface area contributed by atoms with Crippen LogP contribution in [0.15, 0.2) is 41.4 Å². The van der Waals surface area contributed by atoms with Gasteiger partial charge in [0.05, 0.1) is 75.0 Å². The van der Waals surface area contributed by atoms with Crippen molar-refractivity contribution in [1.82, 2.24) is 19.9 Å². The molecule has 37 heavy (non-hydrogen) atoms. The summed E-state index contributed by atoms with van der Waals surface area (Å²) >= 11 is 37.6. The van der Waals surface area contributed by atoms with Crippen LogP contribution in [0.3, 0.4) is 0 Å². The van der Waals surface area contributed by atoms with Gasteiger partial charge in [0.25, 0.3) is 0 Å². The van der Waals surface area contributed by atoms with E-state index in [1.165, 1.54) is 0 Å². The lowest BCUT2D eigenvalue weighted by molar-refractivity contribution is 1.07. The lowest BCUT2D eigenvalue weighted by Crippen LogP contribution is -2.19. The Morgan fingerprint density at radius 2 is 1.05 bits per heavy atom. The van der Waals surface area contributed by atoms with Crippen molar-refractivity contribution in [2.75, 3.05) is 12.4 Å². The average Bonchev–Trinajstić information content (AvgIpc) is 2.86. The highest BCUT2D eigenvalue weighted by Gasteiger charge is 2.29. The van der Waals surface area contributed by atoms with Crippen LogP contribution < -0.4 is 5.32 Å². The van der Waals surface area contributed by atoms with Crippen LogP contribution in [-0.4, -0.2) is 32.7 Å². The highest BCUT2D eigenvalue weighted by molar-refractivity contribution is 6.43. The first-order valence-corrected chi connectivity index (χ1v) is 13.1. The minimum atomic E-state index is 0.330. The van der Waals surface area contributed by atoms with E-state index in [4.69, 9.17) is 94.5 Å². The zero-order valence-corrected chi connectivity index (χ0v) is 23.2. The number of anilines is 1. The third kappa shape index (κ3) is 4.36. The van der Waals surface area contributed by atoms with Gasteiger partial charge >= 0.3 is 0 Å². The van der Waals surface area contributed by atoms with Crippen LogP contribution in [-0.2, 0) is 6.42 Å². The van der Waals surface area contributed by atoms with Gasteiger partial charge in [-0.2, -0.15) is 0 Å². The first-order valence-electron chi connectivity index (χ1n) is 10.8. The quantitative estimate of drug-likeness (QED) is 0.217. The smallest absolute Gasteiger partial charge is 0.119 e. The Bertz CT molecular complexity index is 1820. The van der Waals surface area contributed by atoms with Crippen LogP contribution >= 0.6 is 69.6 Å². The predicted molar refractivity (Wildman–Crippen MR) is 154 cm³/mol. The molecule has 0 aliphatic heterocycles. The van der Waals surface area contributed by atoms with E-state index in [0.29, 0.717) is 98.5 Å². The molecule has 0 unspecified atom stereocenters. The van der Waals surface area contributed by atoms with Crippen molar-refractivity contribution < 1.29 is 0 Å². The Labute approximate surface area is 240 Å². The van der Waals surface area contributed by atoms with Gasteiger partial charge in [0, 0.05) is 13.5 Å². The largest absolute Gasteiger partial charge is 0.386 e. The van der Waals surface area contributed by atoms with Crippen molar-refractivity contribution in [3.05, 3.63) is 77.9 Å². The van der Waals surface area contributed by atoms with E-state index in [0.717, 1.165) is 0 Å². The number of nitrogens with zero attached hydrogens (tertiary/aromatic N) is 5. The van der Waals surface area contributed by atoms with E-state index < -0.39 is 0 Å². The molecule has 0 bridgehead atoms. The fourth-order valence-corrected chi connectivity index (χ4v) is 5.08. The SMILES string of the molecule is CNc1cc(Cl)c(Cl)cc1N=C1Cc2nc3cc(Cl)c(Cl)cc3nc2-c2nc3cc(Cl)c(Cl)cc3nc21. The van der Waals surface area contributed by atoms with Gasteiger partial charge in [-0.15, -0.1) is 0 Å². The molecule has 0 saturated carbocycles. The van der Waals surface area contributed by atoms with Gasteiger partial charge in [-0.05, 0) is 36.4 Å². The van der Waals surface area contributed by atoms with Gasteiger partial charge in [-0.3, -0.25) is 0 Å². The Hall–Kier alpha value is -2.45. The summed E-state index contributed by atoms with van der Waals surface area (Å²) in [6.45, 7) is 0. The van der Waals surface area contributed by atoms with Crippen molar-refractivity contribution in [3.8, 4) is 11.4 Å². The molecular formula is C25H12Cl6N6. The maximum absolute atomic E-state index is 6.32. The molecule has 3 aromatic carbocycles. The standard InChI is InChI=1S/C25H12Cl6N6/c1-32-15-2-9(26)10(27)3-16(15)33-21-8-22-24(35-18-5-12(29)11(28)4-17(18)34-22)25-23(21)36-19-6-13(30)14(31)7-20(19)37-25/h2-7,32H,8H2,1H3. The number of rotatable bonds is 2. The fourth-order valence-electron chi connectivity index (χ4n) is 4.13. The first kappa shape index (κ1) is 24.9. The third-order valence-electron chi connectivity index (χ3n) is 5.88. The van der Waals surface area contributed by atoms with Crippen molar-refractivity contribution >= 4 is 109 Å². The normalized spacial score (nSPS) is 13.8. The maximum atomic E-state index is 6.32. The second-order valence-corrected chi connectivity index (χ2v) is 10.7. The molecule has 0 amide bonds. The molecule has 0 spiro atoms. The molecule has 1 aliphatic rings. The Morgan fingerprint density at radius 1 is 0.595 bits per heavy atom. The second kappa shape index (κ2) is 9.38. The topological polar surface area (TPSA) is 76.0 Å². The minimum Gasteiger partial charge on any atom is -0.386 e. The van der Waals surface area contributed by atoms with Crippen molar-refractivity contribution in [2.24, 2.45) is 4.99 Å². The van der Waals surface area contributed by atoms with Crippen molar-refractivity contribution in [2.45, 2.75) is 6.42 Å². The van der Waals surface area contributed by atoms with E-state index in [-0.39, 0.29) is 0 Å². The molecule has 1 aliphatic carbocycles. The average molecular weight is 609 g/mol. The maximum Gasteiger partial charge on any atom is 0.119 e. The van der Waals surface area contributed by atoms with Gasteiger partial charge in [0.15, 0.2) is 0 Å². The number of fused-ring (bicyclic) bond motifs is 5. The molecule has 184 valence electrons. The van der Waals surface area contributed by atoms with Crippen LogP contribution in [0.5, 0.6) is 0 Å². The van der Waals surface area contributed by atoms with Gasteiger partial charge in [-0.25, -0.2) is 24.9 Å². The van der Waals surface area contributed by atoms with Crippen LogP contribution in [0.1, 0.15) is 11.4 Å². The Balaban J connectivity index is 1.66. The molecule has 12 heteroatoms. The molecule has 1 N–H and O–H groups in total. The number of nitrogens with one attached hydrogen (secondary N) is 1. The van der Waals surface area contributed by atoms with Crippen LogP contribution in [0.25, 0.3) is 33.5 Å². The molecule has 0 fully saturated rings. The van der Waals surface area contributed by atoms with Crippen LogP contribution in [0.4, 0.5) is 11.4 Å². The number of aromatic nitrogens is 4. The van der Waals surface area contributed by atoms with Gasteiger partial charge in [0.1, 0.15) is 17.1 Å². The number of hydrogen-bond acceptors (Lipinski definition) is 6. The number of aliphatic imine (C=N–C) groups is 1. The summed E-state index contributed by atoms with van der Waals surface area (Å²) in [5, 5.41) is 5.40. The summed E-state index contributed by atoms with van der Waals surface area (Å²) in [5.74, 6) is 0. The summed E-state index contributed by atoms with van der Waals surface area (Å²) in [7, 11) is 1.78. The molecule has 6 nitrogen and oxygen atoms in total. The predicted octanol–water partition coefficient (Wildman–Crippen LogP) is 8.88. The zero-order chi connectivity index (χ0) is 26.0. The van der Waals surface area contributed by atoms with Gasteiger partial charge in [0.2, 0.25) is 0 Å². The van der Waals surface area contributed by atoms with Crippen molar-refractivity contribution in [3.63, 3.8) is 0 Å². The highest BCUT2D eigenvalue weighted by Crippen LogP contribution is 2.38. The van der Waals surface area contributed by atoms with Gasteiger partial charge in [-0.1, -0.05) is 69.6 Å². The minimum absolute atomic E-state index is 0.330. The monoisotopic (exact) mass is 606 g/mol. The number of hydrogen-bond donors (Lipinski definition) is 1. The molecule has 5 aromatic rings. The highest BCUT2D eigenvalue weighted by atomic mass is 35.5. The molecule has 6 rings (SSSR count). The summed E-state index contributed by atoms with van der Waals surface area (Å²) in [6.07, 6.45) is 0.330. The van der Waals surface area contributed by atoms with Crippen LogP contribution in [0.2, 0.25) is 30.1 Å².